The van der Waals surface area contributed by atoms with E-state index >= 15 is 0 Å². The lowest BCUT2D eigenvalue weighted by atomic mass is 10.3. The van der Waals surface area contributed by atoms with Gasteiger partial charge in [0.15, 0.2) is 0 Å². The van der Waals surface area contributed by atoms with E-state index in [0.717, 1.165) is 5.56 Å². The topological polar surface area (TPSA) is 107 Å². The predicted molar refractivity (Wildman–Crippen MR) is 76.9 cm³/mol. The maximum absolute atomic E-state index is 12.1. The Morgan fingerprint density at radius 3 is 2.52 bits per heavy atom. The van der Waals surface area contributed by atoms with Gasteiger partial charge in [-0.05, 0) is 17.7 Å². The maximum atomic E-state index is 12.1. The first-order valence-corrected chi connectivity index (χ1v) is 7.67. The van der Waals surface area contributed by atoms with Crippen molar-refractivity contribution < 1.29 is 13.2 Å². The SMILES string of the molecule is COc1ccc(CNS(=O)(=O)c2ccc(CN)nc2)cn1. The molecule has 0 atom stereocenters. The number of sulfonamides is 1. The molecule has 0 spiro atoms. The summed E-state index contributed by atoms with van der Waals surface area (Å²) in [5.41, 5.74) is 6.78. The highest BCUT2D eigenvalue weighted by Gasteiger charge is 2.14. The molecule has 0 amide bonds. The van der Waals surface area contributed by atoms with E-state index in [-0.39, 0.29) is 18.0 Å². The standard InChI is InChI=1S/C13H16N4O3S/c1-20-13-5-2-10(7-16-13)8-17-21(18,19)12-4-3-11(6-14)15-9-12/h2-5,7,9,17H,6,8,14H2,1H3. The van der Waals surface area contributed by atoms with Gasteiger partial charge in [0.25, 0.3) is 0 Å². The number of ether oxygens (including phenoxy) is 1. The van der Waals surface area contributed by atoms with Crippen molar-refractivity contribution in [3.8, 4) is 5.88 Å². The molecule has 2 aromatic heterocycles. The lowest BCUT2D eigenvalue weighted by molar-refractivity contribution is 0.397. The summed E-state index contributed by atoms with van der Waals surface area (Å²) in [6.07, 6.45) is 2.84. The van der Waals surface area contributed by atoms with Crippen LogP contribution in [0.4, 0.5) is 0 Å². The predicted octanol–water partition coefficient (Wildman–Crippen LogP) is 0.422. The average Bonchev–Trinajstić information content (AvgIpc) is 2.53. The van der Waals surface area contributed by atoms with Gasteiger partial charge in [0.05, 0.1) is 12.8 Å². The number of hydrogen-bond acceptors (Lipinski definition) is 6. The number of hydrogen-bond donors (Lipinski definition) is 2. The van der Waals surface area contributed by atoms with Crippen molar-refractivity contribution in [1.82, 2.24) is 14.7 Å². The van der Waals surface area contributed by atoms with Crippen molar-refractivity contribution in [2.75, 3.05) is 7.11 Å². The molecule has 2 aromatic rings. The smallest absolute Gasteiger partial charge is 0.242 e. The van der Waals surface area contributed by atoms with Gasteiger partial charge >= 0.3 is 0 Å². The maximum Gasteiger partial charge on any atom is 0.242 e. The molecule has 0 aromatic carbocycles. The van der Waals surface area contributed by atoms with Gasteiger partial charge in [-0.15, -0.1) is 0 Å². The van der Waals surface area contributed by atoms with Crippen LogP contribution in [0.1, 0.15) is 11.3 Å². The molecule has 7 nitrogen and oxygen atoms in total. The van der Waals surface area contributed by atoms with Gasteiger partial charge in [0.2, 0.25) is 15.9 Å². The second-order valence-electron chi connectivity index (χ2n) is 4.22. The van der Waals surface area contributed by atoms with Crippen molar-refractivity contribution in [1.29, 1.82) is 0 Å². The van der Waals surface area contributed by atoms with Crippen LogP contribution >= 0.6 is 0 Å². The van der Waals surface area contributed by atoms with Crippen LogP contribution in [0.2, 0.25) is 0 Å². The normalized spacial score (nSPS) is 11.3. The molecule has 0 saturated carbocycles. The molecule has 3 N–H and O–H groups in total. The highest BCUT2D eigenvalue weighted by molar-refractivity contribution is 7.89. The van der Waals surface area contributed by atoms with E-state index in [2.05, 4.69) is 14.7 Å². The van der Waals surface area contributed by atoms with Crippen LogP contribution in [0.5, 0.6) is 5.88 Å². The summed E-state index contributed by atoms with van der Waals surface area (Å²) < 4.78 is 31.6. The van der Waals surface area contributed by atoms with Gasteiger partial charge in [-0.3, -0.25) is 4.98 Å². The lowest BCUT2D eigenvalue weighted by Gasteiger charge is -2.07. The first-order chi connectivity index (χ1) is 10.0. The Morgan fingerprint density at radius 1 is 1.19 bits per heavy atom. The van der Waals surface area contributed by atoms with Crippen LogP contribution in [0.3, 0.4) is 0 Å². The third-order valence-electron chi connectivity index (χ3n) is 2.79. The molecule has 0 radical (unpaired) electrons. The van der Waals surface area contributed by atoms with Gasteiger partial charge < -0.3 is 10.5 Å². The van der Waals surface area contributed by atoms with Crippen molar-refractivity contribution in [3.05, 3.63) is 47.9 Å². The Balaban J connectivity index is 2.05. The molecule has 0 saturated heterocycles. The van der Waals surface area contributed by atoms with Crippen LogP contribution in [0.25, 0.3) is 0 Å². The van der Waals surface area contributed by atoms with Gasteiger partial charge in [0.1, 0.15) is 4.90 Å². The summed E-state index contributed by atoms with van der Waals surface area (Å²) >= 11 is 0. The first kappa shape index (κ1) is 15.4. The molecular weight excluding hydrogens is 292 g/mol. The van der Waals surface area contributed by atoms with E-state index in [1.54, 1.807) is 24.4 Å². The van der Waals surface area contributed by atoms with Gasteiger partial charge in [0, 0.05) is 31.5 Å². The molecule has 0 aliphatic rings. The number of nitrogens with zero attached hydrogens (tertiary/aromatic N) is 2. The van der Waals surface area contributed by atoms with Crippen LogP contribution in [0, 0.1) is 0 Å². The third kappa shape index (κ3) is 3.97. The quantitative estimate of drug-likeness (QED) is 0.801. The minimum Gasteiger partial charge on any atom is -0.481 e. The summed E-state index contributed by atoms with van der Waals surface area (Å²) in [5.74, 6) is 0.475. The Bertz CT molecular complexity index is 684. The molecule has 21 heavy (non-hydrogen) atoms. The molecule has 0 bridgehead atoms. The summed E-state index contributed by atoms with van der Waals surface area (Å²) in [6, 6.07) is 6.47. The van der Waals surface area contributed by atoms with Crippen molar-refractivity contribution >= 4 is 10.0 Å². The fourth-order valence-corrected chi connectivity index (χ4v) is 2.55. The van der Waals surface area contributed by atoms with E-state index in [4.69, 9.17) is 10.5 Å². The van der Waals surface area contributed by atoms with Crippen molar-refractivity contribution in [2.45, 2.75) is 18.0 Å². The molecule has 0 aliphatic carbocycles. The Hall–Kier alpha value is -2.03. The molecule has 2 rings (SSSR count). The zero-order valence-corrected chi connectivity index (χ0v) is 12.3. The summed E-state index contributed by atoms with van der Waals surface area (Å²) in [4.78, 5) is 8.08. The number of rotatable bonds is 6. The second-order valence-corrected chi connectivity index (χ2v) is 5.99. The molecular formula is C13H16N4O3S. The van der Waals surface area contributed by atoms with E-state index in [1.807, 2.05) is 0 Å². The van der Waals surface area contributed by atoms with Crippen LogP contribution in [0.15, 0.2) is 41.6 Å². The molecule has 2 heterocycles. The second kappa shape index (κ2) is 6.61. The van der Waals surface area contributed by atoms with Crippen molar-refractivity contribution in [3.63, 3.8) is 0 Å². The van der Waals surface area contributed by atoms with E-state index in [9.17, 15) is 8.42 Å². The van der Waals surface area contributed by atoms with Crippen LogP contribution in [-0.2, 0) is 23.1 Å². The first-order valence-electron chi connectivity index (χ1n) is 6.19. The Kier molecular flexibility index (Phi) is 4.84. The van der Waals surface area contributed by atoms with E-state index < -0.39 is 10.0 Å². The number of methoxy groups -OCH3 is 1. The minimum atomic E-state index is -3.61. The third-order valence-corrected chi connectivity index (χ3v) is 4.18. The van der Waals surface area contributed by atoms with Crippen molar-refractivity contribution in [2.24, 2.45) is 5.73 Å². The monoisotopic (exact) mass is 308 g/mol. The van der Waals surface area contributed by atoms with Gasteiger partial charge in [-0.1, -0.05) is 6.07 Å². The van der Waals surface area contributed by atoms with Gasteiger partial charge in [-0.25, -0.2) is 18.1 Å². The number of aromatic nitrogens is 2. The van der Waals surface area contributed by atoms with Gasteiger partial charge in [-0.2, -0.15) is 0 Å². The molecule has 112 valence electrons. The fraction of sp³-hybridized carbons (Fsp3) is 0.231. The molecule has 0 aliphatic heterocycles. The Morgan fingerprint density at radius 2 is 2.00 bits per heavy atom. The summed E-state index contributed by atoms with van der Waals surface area (Å²) in [7, 11) is -2.09. The summed E-state index contributed by atoms with van der Waals surface area (Å²) in [5, 5.41) is 0. The fourth-order valence-electron chi connectivity index (χ4n) is 1.59. The van der Waals surface area contributed by atoms with Crippen LogP contribution < -0.4 is 15.2 Å². The largest absolute Gasteiger partial charge is 0.481 e. The van der Waals surface area contributed by atoms with Crippen LogP contribution in [-0.4, -0.2) is 25.5 Å². The zero-order valence-electron chi connectivity index (χ0n) is 11.5. The highest BCUT2D eigenvalue weighted by atomic mass is 32.2. The highest BCUT2D eigenvalue weighted by Crippen LogP contribution is 2.10. The summed E-state index contributed by atoms with van der Waals surface area (Å²) in [6.45, 7) is 0.406. The lowest BCUT2D eigenvalue weighted by Crippen LogP contribution is -2.23. The minimum absolute atomic E-state index is 0.0983. The molecule has 0 unspecified atom stereocenters. The average molecular weight is 308 g/mol. The number of nitrogens with two attached hydrogens (primary N) is 1. The van der Waals surface area contributed by atoms with E-state index in [0.29, 0.717) is 11.6 Å². The van der Waals surface area contributed by atoms with E-state index in [1.165, 1.54) is 19.4 Å². The number of nitrogens with one attached hydrogen (secondary N) is 1. The Labute approximate surface area is 123 Å². The zero-order chi connectivity index (χ0) is 15.3. The number of pyridine rings is 2. The molecule has 0 fully saturated rings. The molecule has 8 heteroatoms.